The van der Waals surface area contributed by atoms with E-state index in [4.69, 9.17) is 5.73 Å². The zero-order valence-electron chi connectivity index (χ0n) is 13.9. The quantitative estimate of drug-likeness (QED) is 0.822. The van der Waals surface area contributed by atoms with Gasteiger partial charge in [0, 0.05) is 30.0 Å². The highest BCUT2D eigenvalue weighted by Gasteiger charge is 2.18. The minimum Gasteiger partial charge on any atom is -0.398 e. The number of likely N-dealkylation sites (tertiary alicyclic amines) is 1. The van der Waals surface area contributed by atoms with Crippen LogP contribution in [-0.4, -0.2) is 29.8 Å². The molecule has 0 aliphatic carbocycles. The monoisotopic (exact) mass is 359 g/mol. The molecule has 0 spiro atoms. The highest BCUT2D eigenvalue weighted by molar-refractivity contribution is 6.08. The molecule has 132 valence electrons. The molecule has 25 heavy (non-hydrogen) atoms. The second-order valence-corrected chi connectivity index (χ2v) is 5.98. The van der Waals surface area contributed by atoms with Crippen molar-refractivity contribution in [2.45, 2.75) is 19.3 Å². The Hall–Kier alpha value is -2.53. The standard InChI is InChI=1S/C19H21N3O2.ClH/c20-17-10-3-2-9-16(17)18(23)21-15-8-6-7-14(13-15)19(24)22-11-4-1-5-12-22;/h2-3,6-10,13H,1,4-5,11-12,20H2,(H,21,23);1H. The van der Waals surface area contributed by atoms with Crippen molar-refractivity contribution in [1.82, 2.24) is 4.90 Å². The van der Waals surface area contributed by atoms with Gasteiger partial charge in [-0.3, -0.25) is 9.59 Å². The highest BCUT2D eigenvalue weighted by Crippen LogP contribution is 2.18. The van der Waals surface area contributed by atoms with Crippen LogP contribution in [0.5, 0.6) is 0 Å². The van der Waals surface area contributed by atoms with Gasteiger partial charge in [0.1, 0.15) is 0 Å². The van der Waals surface area contributed by atoms with Crippen LogP contribution < -0.4 is 11.1 Å². The van der Waals surface area contributed by atoms with Gasteiger partial charge in [-0.25, -0.2) is 0 Å². The summed E-state index contributed by atoms with van der Waals surface area (Å²) in [5.41, 5.74) is 7.86. The first-order valence-electron chi connectivity index (χ1n) is 8.20. The minimum absolute atomic E-state index is 0. The molecule has 5 nitrogen and oxygen atoms in total. The smallest absolute Gasteiger partial charge is 0.257 e. The summed E-state index contributed by atoms with van der Waals surface area (Å²) in [6.07, 6.45) is 3.28. The summed E-state index contributed by atoms with van der Waals surface area (Å²) >= 11 is 0. The Kier molecular flexibility index (Phi) is 6.42. The van der Waals surface area contributed by atoms with Gasteiger partial charge in [-0.05, 0) is 49.6 Å². The maximum atomic E-state index is 12.6. The Morgan fingerprint density at radius 2 is 1.68 bits per heavy atom. The van der Waals surface area contributed by atoms with Crippen molar-refractivity contribution in [3.63, 3.8) is 0 Å². The molecule has 1 aliphatic rings. The van der Waals surface area contributed by atoms with Crippen LogP contribution in [0, 0.1) is 0 Å². The summed E-state index contributed by atoms with van der Waals surface area (Å²) in [5.74, 6) is -0.263. The molecule has 0 atom stereocenters. The predicted molar refractivity (Wildman–Crippen MR) is 102 cm³/mol. The topological polar surface area (TPSA) is 75.4 Å². The number of nitrogens with one attached hydrogen (secondary N) is 1. The Labute approximate surface area is 153 Å². The van der Waals surface area contributed by atoms with E-state index in [9.17, 15) is 9.59 Å². The van der Waals surface area contributed by atoms with Crippen LogP contribution in [0.15, 0.2) is 48.5 Å². The van der Waals surface area contributed by atoms with Crippen molar-refractivity contribution < 1.29 is 9.59 Å². The normalized spacial score (nSPS) is 13.7. The number of carbonyl (C=O) groups is 2. The van der Waals surface area contributed by atoms with Crippen molar-refractivity contribution in [2.75, 3.05) is 24.1 Å². The van der Waals surface area contributed by atoms with Crippen LogP contribution >= 0.6 is 12.4 Å². The first kappa shape index (κ1) is 18.8. The van der Waals surface area contributed by atoms with Crippen LogP contribution in [0.4, 0.5) is 11.4 Å². The number of halogens is 1. The first-order valence-corrected chi connectivity index (χ1v) is 8.20. The molecule has 0 saturated carbocycles. The van der Waals surface area contributed by atoms with E-state index in [1.807, 2.05) is 4.90 Å². The summed E-state index contributed by atoms with van der Waals surface area (Å²) in [7, 11) is 0. The van der Waals surface area contributed by atoms with Gasteiger partial charge in [0.25, 0.3) is 11.8 Å². The third kappa shape index (κ3) is 4.51. The SMILES string of the molecule is Cl.Nc1ccccc1C(=O)Nc1cccc(C(=O)N2CCCCC2)c1. The lowest BCUT2D eigenvalue weighted by Gasteiger charge is -2.26. The molecule has 1 aliphatic heterocycles. The van der Waals surface area contributed by atoms with Crippen molar-refractivity contribution in [3.8, 4) is 0 Å². The number of anilines is 2. The number of hydrogen-bond acceptors (Lipinski definition) is 3. The Morgan fingerprint density at radius 1 is 0.960 bits per heavy atom. The molecule has 6 heteroatoms. The largest absolute Gasteiger partial charge is 0.398 e. The highest BCUT2D eigenvalue weighted by atomic mass is 35.5. The molecule has 0 radical (unpaired) electrons. The van der Waals surface area contributed by atoms with Gasteiger partial charge in [-0.2, -0.15) is 0 Å². The second-order valence-electron chi connectivity index (χ2n) is 5.98. The number of carbonyl (C=O) groups excluding carboxylic acids is 2. The molecular formula is C19H22ClN3O2. The number of benzene rings is 2. The molecule has 1 fully saturated rings. The number of nitrogens with two attached hydrogens (primary N) is 1. The van der Waals surface area contributed by atoms with E-state index in [2.05, 4.69) is 5.32 Å². The number of nitrogen functional groups attached to an aromatic ring is 1. The molecule has 0 aromatic heterocycles. The van der Waals surface area contributed by atoms with Gasteiger partial charge in [-0.1, -0.05) is 18.2 Å². The lowest BCUT2D eigenvalue weighted by atomic mass is 10.1. The Bertz CT molecular complexity index is 758. The molecular weight excluding hydrogens is 338 g/mol. The average Bonchev–Trinajstić information content (AvgIpc) is 2.62. The maximum Gasteiger partial charge on any atom is 0.257 e. The lowest BCUT2D eigenvalue weighted by molar-refractivity contribution is 0.0724. The fourth-order valence-corrected chi connectivity index (χ4v) is 2.91. The average molecular weight is 360 g/mol. The molecule has 1 heterocycles. The van der Waals surface area contributed by atoms with Crippen molar-refractivity contribution in [2.24, 2.45) is 0 Å². The van der Waals surface area contributed by atoms with Crippen molar-refractivity contribution >= 4 is 35.6 Å². The molecule has 2 aromatic rings. The third-order valence-electron chi connectivity index (χ3n) is 4.22. The van der Waals surface area contributed by atoms with Gasteiger partial charge in [-0.15, -0.1) is 12.4 Å². The molecule has 2 aromatic carbocycles. The van der Waals surface area contributed by atoms with E-state index in [1.54, 1.807) is 48.5 Å². The lowest BCUT2D eigenvalue weighted by Crippen LogP contribution is -2.35. The molecule has 0 bridgehead atoms. The van der Waals surface area contributed by atoms with E-state index in [-0.39, 0.29) is 24.2 Å². The van der Waals surface area contributed by atoms with Crippen LogP contribution in [0.25, 0.3) is 0 Å². The van der Waals surface area contributed by atoms with E-state index < -0.39 is 0 Å². The zero-order chi connectivity index (χ0) is 16.9. The maximum absolute atomic E-state index is 12.6. The number of nitrogens with zero attached hydrogens (tertiary/aromatic N) is 1. The van der Waals surface area contributed by atoms with Gasteiger partial charge in [0.15, 0.2) is 0 Å². The third-order valence-corrected chi connectivity index (χ3v) is 4.22. The van der Waals surface area contributed by atoms with E-state index in [1.165, 1.54) is 6.42 Å². The first-order chi connectivity index (χ1) is 11.6. The van der Waals surface area contributed by atoms with Crippen LogP contribution in [0.1, 0.15) is 40.0 Å². The van der Waals surface area contributed by atoms with E-state index >= 15 is 0 Å². The predicted octanol–water partition coefficient (Wildman–Crippen LogP) is 3.57. The number of para-hydroxylation sites is 1. The summed E-state index contributed by atoms with van der Waals surface area (Å²) in [4.78, 5) is 26.8. The Morgan fingerprint density at radius 3 is 2.40 bits per heavy atom. The molecule has 3 rings (SSSR count). The summed E-state index contributed by atoms with van der Waals surface area (Å²) in [5, 5.41) is 2.81. The van der Waals surface area contributed by atoms with Gasteiger partial charge in [0.2, 0.25) is 0 Å². The molecule has 2 amide bonds. The molecule has 1 saturated heterocycles. The summed E-state index contributed by atoms with van der Waals surface area (Å²) < 4.78 is 0. The van der Waals surface area contributed by atoms with Crippen molar-refractivity contribution in [3.05, 3.63) is 59.7 Å². The molecule has 3 N–H and O–H groups in total. The summed E-state index contributed by atoms with van der Waals surface area (Å²) in [6.45, 7) is 1.60. The van der Waals surface area contributed by atoms with Crippen LogP contribution in [0.3, 0.4) is 0 Å². The fourth-order valence-electron chi connectivity index (χ4n) is 2.91. The van der Waals surface area contributed by atoms with Gasteiger partial charge >= 0.3 is 0 Å². The fraction of sp³-hybridized carbons (Fsp3) is 0.263. The molecule has 0 unspecified atom stereocenters. The van der Waals surface area contributed by atoms with E-state index in [0.717, 1.165) is 25.9 Å². The minimum atomic E-state index is -0.282. The van der Waals surface area contributed by atoms with E-state index in [0.29, 0.717) is 22.5 Å². The number of rotatable bonds is 3. The second kappa shape index (κ2) is 8.53. The number of hydrogen-bond donors (Lipinski definition) is 2. The van der Waals surface area contributed by atoms with Gasteiger partial charge < -0.3 is 16.0 Å². The van der Waals surface area contributed by atoms with Crippen LogP contribution in [0.2, 0.25) is 0 Å². The summed E-state index contributed by atoms with van der Waals surface area (Å²) in [6, 6.07) is 14.0. The zero-order valence-corrected chi connectivity index (χ0v) is 14.7. The van der Waals surface area contributed by atoms with Gasteiger partial charge in [0.05, 0.1) is 5.56 Å². The number of amides is 2. The van der Waals surface area contributed by atoms with Crippen LogP contribution in [-0.2, 0) is 0 Å². The Balaban J connectivity index is 0.00000225. The van der Waals surface area contributed by atoms with Crippen molar-refractivity contribution in [1.29, 1.82) is 0 Å². The number of piperidine rings is 1.